The molecule has 112 valence electrons. The molecule has 0 saturated heterocycles. The summed E-state index contributed by atoms with van der Waals surface area (Å²) in [5.41, 5.74) is 0. The third kappa shape index (κ3) is 6.45. The van der Waals surface area contributed by atoms with Gasteiger partial charge in [-0.05, 0) is 49.9 Å². The zero-order valence-corrected chi connectivity index (χ0v) is 12.7. The van der Waals surface area contributed by atoms with Gasteiger partial charge in [-0.25, -0.2) is 0 Å². The molecule has 0 aliphatic rings. The molecule has 0 spiro atoms. The minimum absolute atomic E-state index is 0.293. The summed E-state index contributed by atoms with van der Waals surface area (Å²) in [4.78, 5) is 4.58. The first-order chi connectivity index (χ1) is 9.80. The number of hydrogen-bond acceptors (Lipinski definition) is 4. The number of benzene rings is 1. The highest BCUT2D eigenvalue weighted by molar-refractivity contribution is 5.56. The van der Waals surface area contributed by atoms with E-state index in [1.54, 1.807) is 6.21 Å². The van der Waals surface area contributed by atoms with Crippen LogP contribution in [0.15, 0.2) is 29.4 Å². The molecule has 1 aromatic carbocycles. The molecule has 4 heteroatoms. The first kappa shape index (κ1) is 16.3. The Balaban J connectivity index is 2.29. The van der Waals surface area contributed by atoms with E-state index in [0.717, 1.165) is 37.2 Å². The summed E-state index contributed by atoms with van der Waals surface area (Å²) >= 11 is 0. The van der Waals surface area contributed by atoms with Gasteiger partial charge in [-0.15, -0.1) is 0 Å². The van der Waals surface area contributed by atoms with Crippen LogP contribution in [0.25, 0.3) is 0 Å². The van der Waals surface area contributed by atoms with Gasteiger partial charge < -0.3 is 14.3 Å². The lowest BCUT2D eigenvalue weighted by Gasteiger charge is -2.15. The van der Waals surface area contributed by atoms with E-state index >= 15 is 0 Å². The van der Waals surface area contributed by atoms with E-state index in [4.69, 9.17) is 9.47 Å². The number of rotatable bonds is 10. The molecule has 0 N–H and O–H groups in total. The third-order valence-corrected chi connectivity index (χ3v) is 2.96. The Hall–Kier alpha value is -1.71. The van der Waals surface area contributed by atoms with Crippen LogP contribution in [0.5, 0.6) is 11.5 Å². The molecule has 0 amide bonds. The van der Waals surface area contributed by atoms with E-state index in [9.17, 15) is 0 Å². The monoisotopic (exact) mass is 279 g/mol. The largest absolute Gasteiger partial charge is 0.494 e. The van der Waals surface area contributed by atoms with E-state index in [0.29, 0.717) is 12.7 Å². The van der Waals surface area contributed by atoms with Crippen LogP contribution in [0.4, 0.5) is 0 Å². The molecule has 0 radical (unpaired) electrons. The van der Waals surface area contributed by atoms with Gasteiger partial charge in [0.15, 0.2) is 0 Å². The predicted molar refractivity (Wildman–Crippen MR) is 81.7 cm³/mol. The molecule has 0 unspecified atom stereocenters. The lowest BCUT2D eigenvalue weighted by molar-refractivity contribution is 0.192. The Morgan fingerprint density at radius 1 is 1.10 bits per heavy atom. The van der Waals surface area contributed by atoms with E-state index in [2.05, 4.69) is 23.8 Å². The fourth-order valence-corrected chi connectivity index (χ4v) is 1.75. The van der Waals surface area contributed by atoms with Gasteiger partial charge in [0.2, 0.25) is 0 Å². The molecule has 0 fully saturated rings. The molecule has 0 heterocycles. The average molecular weight is 279 g/mol. The summed E-state index contributed by atoms with van der Waals surface area (Å²) in [6.45, 7) is 4.94. The normalized spacial score (nSPS) is 11.0. The van der Waals surface area contributed by atoms with Crippen molar-refractivity contribution < 1.29 is 14.3 Å². The van der Waals surface area contributed by atoms with Gasteiger partial charge in [0.25, 0.3) is 0 Å². The smallest absolute Gasteiger partial charge is 0.119 e. The Morgan fingerprint density at radius 2 is 1.75 bits per heavy atom. The van der Waals surface area contributed by atoms with Gasteiger partial charge in [-0.1, -0.05) is 19.0 Å². The zero-order chi connectivity index (χ0) is 14.6. The maximum Gasteiger partial charge on any atom is 0.119 e. The van der Waals surface area contributed by atoms with E-state index in [1.807, 2.05) is 24.3 Å². The molecule has 0 atom stereocenters. The minimum Gasteiger partial charge on any atom is -0.494 e. The van der Waals surface area contributed by atoms with E-state index in [1.165, 1.54) is 7.11 Å². The van der Waals surface area contributed by atoms with Gasteiger partial charge in [0.1, 0.15) is 18.6 Å². The Kier molecular flexibility index (Phi) is 8.27. The van der Waals surface area contributed by atoms with Crippen molar-refractivity contribution in [2.75, 3.05) is 13.7 Å². The number of ether oxygens (including phenoxy) is 2. The molecular formula is C16H25NO3. The van der Waals surface area contributed by atoms with Crippen molar-refractivity contribution in [2.24, 2.45) is 5.16 Å². The predicted octanol–water partition coefficient (Wildman–Crippen LogP) is 4.05. The standard InChI is InChI=1S/C16H25NO3/c1-4-14(5-2)20-16-10-8-15(9-11-16)19-13-7-6-12-17-18-3/h8-12,14H,4-7,13H2,1-3H3/b17-12+. The van der Waals surface area contributed by atoms with Crippen molar-refractivity contribution >= 4 is 6.21 Å². The zero-order valence-electron chi connectivity index (χ0n) is 12.7. The van der Waals surface area contributed by atoms with Gasteiger partial charge in [-0.2, -0.15) is 0 Å². The van der Waals surface area contributed by atoms with Crippen LogP contribution in [0.1, 0.15) is 39.5 Å². The highest BCUT2D eigenvalue weighted by Crippen LogP contribution is 2.20. The summed E-state index contributed by atoms with van der Waals surface area (Å²) in [5.74, 6) is 1.77. The quantitative estimate of drug-likeness (QED) is 0.368. The van der Waals surface area contributed by atoms with Crippen molar-refractivity contribution in [3.05, 3.63) is 24.3 Å². The fraction of sp³-hybridized carbons (Fsp3) is 0.562. The summed E-state index contributed by atoms with van der Waals surface area (Å²) in [6.07, 6.45) is 5.86. The molecule has 0 saturated carbocycles. The number of oxime groups is 1. The second-order valence-corrected chi connectivity index (χ2v) is 4.49. The molecule has 0 bridgehead atoms. The highest BCUT2D eigenvalue weighted by Gasteiger charge is 2.04. The Morgan fingerprint density at radius 3 is 2.35 bits per heavy atom. The lowest BCUT2D eigenvalue weighted by atomic mass is 10.2. The Bertz CT molecular complexity index is 372. The Labute approximate surface area is 121 Å². The van der Waals surface area contributed by atoms with Crippen LogP contribution >= 0.6 is 0 Å². The van der Waals surface area contributed by atoms with Crippen LogP contribution < -0.4 is 9.47 Å². The van der Waals surface area contributed by atoms with Crippen molar-refractivity contribution in [1.29, 1.82) is 0 Å². The van der Waals surface area contributed by atoms with Crippen LogP contribution in [0.3, 0.4) is 0 Å². The minimum atomic E-state index is 0.293. The van der Waals surface area contributed by atoms with Gasteiger partial charge in [0, 0.05) is 6.21 Å². The van der Waals surface area contributed by atoms with Gasteiger partial charge >= 0.3 is 0 Å². The molecule has 0 aliphatic carbocycles. The molecular weight excluding hydrogens is 254 g/mol. The number of nitrogens with zero attached hydrogens (tertiary/aromatic N) is 1. The van der Waals surface area contributed by atoms with Crippen molar-refractivity contribution in [2.45, 2.75) is 45.6 Å². The number of hydrogen-bond donors (Lipinski definition) is 0. The first-order valence-corrected chi connectivity index (χ1v) is 7.24. The van der Waals surface area contributed by atoms with Gasteiger partial charge in [0.05, 0.1) is 12.7 Å². The average Bonchev–Trinajstić information content (AvgIpc) is 2.49. The maximum atomic E-state index is 5.85. The highest BCUT2D eigenvalue weighted by atomic mass is 16.6. The molecule has 1 rings (SSSR count). The summed E-state index contributed by atoms with van der Waals surface area (Å²) in [5, 5.41) is 3.67. The second-order valence-electron chi connectivity index (χ2n) is 4.49. The fourth-order valence-electron chi connectivity index (χ4n) is 1.75. The molecule has 4 nitrogen and oxygen atoms in total. The van der Waals surface area contributed by atoms with Crippen LogP contribution in [0, 0.1) is 0 Å². The first-order valence-electron chi connectivity index (χ1n) is 7.24. The number of unbranched alkanes of at least 4 members (excludes halogenated alkanes) is 1. The van der Waals surface area contributed by atoms with Crippen LogP contribution in [-0.4, -0.2) is 26.0 Å². The SMILES string of the molecule is CCC(CC)Oc1ccc(OCCC/C=N/OC)cc1. The summed E-state index contributed by atoms with van der Waals surface area (Å²) in [6, 6.07) is 7.81. The topological polar surface area (TPSA) is 40.0 Å². The molecule has 0 aromatic heterocycles. The van der Waals surface area contributed by atoms with Crippen LogP contribution in [0.2, 0.25) is 0 Å². The van der Waals surface area contributed by atoms with E-state index < -0.39 is 0 Å². The van der Waals surface area contributed by atoms with Crippen LogP contribution in [-0.2, 0) is 4.84 Å². The lowest BCUT2D eigenvalue weighted by Crippen LogP contribution is -2.13. The summed E-state index contributed by atoms with van der Waals surface area (Å²) < 4.78 is 11.5. The molecule has 1 aromatic rings. The molecule has 0 aliphatic heterocycles. The van der Waals surface area contributed by atoms with Crippen molar-refractivity contribution in [3.8, 4) is 11.5 Å². The second kappa shape index (κ2) is 10.1. The maximum absolute atomic E-state index is 5.85. The summed E-state index contributed by atoms with van der Waals surface area (Å²) in [7, 11) is 1.54. The van der Waals surface area contributed by atoms with Gasteiger partial charge in [-0.3, -0.25) is 0 Å². The van der Waals surface area contributed by atoms with Crippen molar-refractivity contribution in [1.82, 2.24) is 0 Å². The molecule has 20 heavy (non-hydrogen) atoms. The van der Waals surface area contributed by atoms with E-state index in [-0.39, 0.29) is 0 Å². The van der Waals surface area contributed by atoms with Crippen molar-refractivity contribution in [3.63, 3.8) is 0 Å². The third-order valence-electron chi connectivity index (χ3n) is 2.96.